The van der Waals surface area contributed by atoms with Gasteiger partial charge in [0.25, 0.3) is 5.91 Å². The molecule has 1 aromatic rings. The Hall–Kier alpha value is -2.05. The second-order valence-electron chi connectivity index (χ2n) is 3.57. The highest BCUT2D eigenvalue weighted by Gasteiger charge is 2.19. The van der Waals surface area contributed by atoms with Crippen molar-refractivity contribution in [1.82, 2.24) is 5.01 Å². The molecule has 2 amide bonds. The fraction of sp³-hybridized carbons (Fsp3) is 0.0833. The van der Waals surface area contributed by atoms with Crippen LogP contribution in [0, 0.1) is 0 Å². The minimum absolute atomic E-state index is 0.0868. The van der Waals surface area contributed by atoms with Gasteiger partial charge in [-0.1, -0.05) is 49.1 Å². The zero-order valence-corrected chi connectivity index (χ0v) is 10.4. The van der Waals surface area contributed by atoms with Crippen LogP contribution in [0.4, 0.5) is 0 Å². The van der Waals surface area contributed by atoms with Crippen LogP contribution in [0.1, 0.15) is 5.56 Å². The number of benzene rings is 1. The van der Waals surface area contributed by atoms with Gasteiger partial charge in [0.15, 0.2) is 0 Å². The van der Waals surface area contributed by atoms with Crippen molar-refractivity contribution in [3.63, 3.8) is 0 Å². The maximum absolute atomic E-state index is 11.8. The van der Waals surface area contributed by atoms with E-state index in [0.29, 0.717) is 0 Å². The zero-order chi connectivity index (χ0) is 13.7. The van der Waals surface area contributed by atoms with E-state index in [9.17, 15) is 9.59 Å². The Morgan fingerprint density at radius 2 is 1.83 bits per heavy atom. The predicted octanol–water partition coefficient (Wildman–Crippen LogP) is 0.300. The number of nitrogens with two attached hydrogens (primary N) is 2. The van der Waals surface area contributed by atoms with E-state index >= 15 is 0 Å². The minimum Gasteiger partial charge on any atom is -0.366 e. The highest BCUT2D eigenvalue weighted by atomic mass is 32.1. The molecule has 0 unspecified atom stereocenters. The first-order valence-corrected chi connectivity index (χ1v) is 5.49. The van der Waals surface area contributed by atoms with Gasteiger partial charge < -0.3 is 5.73 Å². The van der Waals surface area contributed by atoms with Crippen molar-refractivity contribution in [1.29, 1.82) is 0 Å². The van der Waals surface area contributed by atoms with Crippen LogP contribution in [0.2, 0.25) is 0 Å². The smallest absolute Gasteiger partial charge is 0.251 e. The van der Waals surface area contributed by atoms with Crippen LogP contribution in [0.5, 0.6) is 0 Å². The van der Waals surface area contributed by atoms with E-state index in [1.807, 2.05) is 18.2 Å². The van der Waals surface area contributed by atoms with E-state index < -0.39 is 11.8 Å². The van der Waals surface area contributed by atoms with E-state index in [2.05, 4.69) is 6.58 Å². The van der Waals surface area contributed by atoms with Crippen LogP contribution in [-0.2, 0) is 16.0 Å². The molecule has 0 atom stereocenters. The lowest BCUT2D eigenvalue weighted by molar-refractivity contribution is -0.126. The van der Waals surface area contributed by atoms with Crippen molar-refractivity contribution in [3.05, 3.63) is 48.0 Å². The summed E-state index contributed by atoms with van der Waals surface area (Å²) in [6.07, 6.45) is 0.0868. The highest BCUT2D eigenvalue weighted by molar-refractivity contribution is 7.80. The Labute approximate surface area is 110 Å². The van der Waals surface area contributed by atoms with Crippen molar-refractivity contribution in [2.45, 2.75) is 6.42 Å². The summed E-state index contributed by atoms with van der Waals surface area (Å²) in [6.45, 7) is 3.38. The Kier molecular flexibility index (Phi) is 4.70. The maximum Gasteiger partial charge on any atom is 0.251 e. The number of primary amides is 1. The van der Waals surface area contributed by atoms with Crippen LogP contribution in [-0.4, -0.2) is 21.8 Å². The molecule has 4 N–H and O–H groups in total. The SMILES string of the molecule is C=C(C(N)=O)C(=S)N(N)C(=O)Cc1ccccc1. The van der Waals surface area contributed by atoms with E-state index in [1.165, 1.54) is 0 Å². The largest absolute Gasteiger partial charge is 0.366 e. The molecule has 0 aliphatic rings. The second-order valence-corrected chi connectivity index (χ2v) is 3.96. The van der Waals surface area contributed by atoms with Gasteiger partial charge in [0, 0.05) is 0 Å². The lowest BCUT2D eigenvalue weighted by Gasteiger charge is -2.17. The molecule has 94 valence electrons. The van der Waals surface area contributed by atoms with Crippen LogP contribution in [0.15, 0.2) is 42.5 Å². The molecule has 5 nitrogen and oxygen atoms in total. The summed E-state index contributed by atoms with van der Waals surface area (Å²) < 4.78 is 0. The molecule has 0 saturated heterocycles. The van der Waals surface area contributed by atoms with Gasteiger partial charge in [0.05, 0.1) is 12.0 Å². The van der Waals surface area contributed by atoms with Gasteiger partial charge in [-0.05, 0) is 5.56 Å². The summed E-state index contributed by atoms with van der Waals surface area (Å²) in [5.41, 5.74) is 5.65. The molecular formula is C12H13N3O2S. The summed E-state index contributed by atoms with van der Waals surface area (Å²) in [6, 6.07) is 9.04. The Balaban J connectivity index is 2.70. The average Bonchev–Trinajstić information content (AvgIpc) is 2.37. The van der Waals surface area contributed by atoms with Crippen molar-refractivity contribution in [2.75, 3.05) is 0 Å². The number of amides is 2. The first-order chi connectivity index (χ1) is 8.43. The van der Waals surface area contributed by atoms with Gasteiger partial charge in [-0.2, -0.15) is 0 Å². The lowest BCUT2D eigenvalue weighted by Crippen LogP contribution is -2.44. The summed E-state index contributed by atoms with van der Waals surface area (Å²) >= 11 is 4.85. The topological polar surface area (TPSA) is 89.4 Å². The molecule has 0 radical (unpaired) electrons. The predicted molar refractivity (Wildman–Crippen MR) is 72.1 cm³/mol. The molecule has 0 bridgehead atoms. The molecule has 0 fully saturated rings. The molecule has 0 aliphatic carbocycles. The number of nitrogens with zero attached hydrogens (tertiary/aromatic N) is 1. The van der Waals surface area contributed by atoms with Crippen LogP contribution >= 0.6 is 12.2 Å². The minimum atomic E-state index is -0.803. The Morgan fingerprint density at radius 1 is 1.28 bits per heavy atom. The van der Waals surface area contributed by atoms with Gasteiger partial charge in [-0.15, -0.1) is 0 Å². The van der Waals surface area contributed by atoms with Gasteiger partial charge in [0.2, 0.25) is 5.91 Å². The van der Waals surface area contributed by atoms with E-state index in [4.69, 9.17) is 23.8 Å². The summed E-state index contributed by atoms with van der Waals surface area (Å²) in [4.78, 5) is 22.5. The lowest BCUT2D eigenvalue weighted by atomic mass is 10.1. The molecule has 0 aliphatic heterocycles. The van der Waals surface area contributed by atoms with E-state index in [0.717, 1.165) is 10.6 Å². The van der Waals surface area contributed by atoms with Gasteiger partial charge >= 0.3 is 0 Å². The molecule has 6 heteroatoms. The first-order valence-electron chi connectivity index (χ1n) is 5.08. The summed E-state index contributed by atoms with van der Waals surface area (Å²) in [7, 11) is 0. The maximum atomic E-state index is 11.8. The highest BCUT2D eigenvalue weighted by Crippen LogP contribution is 2.04. The van der Waals surface area contributed by atoms with E-state index in [1.54, 1.807) is 12.1 Å². The molecule has 0 spiro atoms. The molecule has 18 heavy (non-hydrogen) atoms. The number of thiocarbonyl (C=S) groups is 1. The molecular weight excluding hydrogens is 250 g/mol. The third-order valence-electron chi connectivity index (χ3n) is 2.24. The molecule has 1 aromatic carbocycles. The standard InChI is InChI=1S/C12H13N3O2S/c1-8(11(13)17)12(18)15(14)10(16)7-9-5-3-2-4-6-9/h2-6H,1,7,14H2,(H2,13,17). The van der Waals surface area contributed by atoms with Crippen LogP contribution < -0.4 is 11.6 Å². The second kappa shape index (κ2) is 6.04. The van der Waals surface area contributed by atoms with E-state index in [-0.39, 0.29) is 17.0 Å². The Morgan fingerprint density at radius 3 is 2.33 bits per heavy atom. The van der Waals surface area contributed by atoms with Crippen molar-refractivity contribution in [2.24, 2.45) is 11.6 Å². The number of rotatable bonds is 4. The molecule has 1 rings (SSSR count). The number of hydrogen-bond donors (Lipinski definition) is 2. The normalized spacial score (nSPS) is 9.61. The van der Waals surface area contributed by atoms with Crippen LogP contribution in [0.3, 0.4) is 0 Å². The number of hydrazine groups is 1. The number of carbonyl (C=O) groups is 2. The molecule has 0 saturated carbocycles. The Bertz CT molecular complexity index is 499. The molecule has 0 heterocycles. The third-order valence-corrected chi connectivity index (χ3v) is 2.68. The molecule has 0 aromatic heterocycles. The van der Waals surface area contributed by atoms with Crippen molar-refractivity contribution in [3.8, 4) is 0 Å². The van der Waals surface area contributed by atoms with Gasteiger partial charge in [0.1, 0.15) is 4.99 Å². The monoisotopic (exact) mass is 263 g/mol. The van der Waals surface area contributed by atoms with Crippen LogP contribution in [0.25, 0.3) is 0 Å². The fourth-order valence-corrected chi connectivity index (χ4v) is 1.42. The average molecular weight is 263 g/mol. The fourth-order valence-electron chi connectivity index (χ4n) is 1.22. The number of carbonyl (C=O) groups excluding carboxylic acids is 2. The first kappa shape index (κ1) is 14.0. The zero-order valence-electron chi connectivity index (χ0n) is 9.63. The third kappa shape index (κ3) is 3.47. The van der Waals surface area contributed by atoms with Gasteiger partial charge in [-0.25, -0.2) is 10.9 Å². The van der Waals surface area contributed by atoms with Crippen molar-refractivity contribution >= 4 is 29.0 Å². The van der Waals surface area contributed by atoms with Crippen molar-refractivity contribution < 1.29 is 9.59 Å². The summed E-state index contributed by atoms with van der Waals surface area (Å²) in [5, 5.41) is 0.718. The summed E-state index contributed by atoms with van der Waals surface area (Å²) in [5.74, 6) is 4.28. The number of hydrogen-bond acceptors (Lipinski definition) is 4. The van der Waals surface area contributed by atoms with Gasteiger partial charge in [-0.3, -0.25) is 9.59 Å². The quantitative estimate of drug-likeness (QED) is 0.269.